The first-order valence-electron chi connectivity index (χ1n) is 10.1. The summed E-state index contributed by atoms with van der Waals surface area (Å²) in [6.45, 7) is 4.72. The summed E-state index contributed by atoms with van der Waals surface area (Å²) in [5.74, 6) is 1.86. The molecule has 0 amide bonds. The molecular formula is C23H25N2O3+. The zero-order chi connectivity index (χ0) is 19.1. The molecule has 144 valence electrons. The van der Waals surface area contributed by atoms with E-state index in [1.165, 1.54) is 10.5 Å². The summed E-state index contributed by atoms with van der Waals surface area (Å²) in [5, 5.41) is 1.03. The first kappa shape index (κ1) is 17.3. The summed E-state index contributed by atoms with van der Waals surface area (Å²) in [7, 11) is 0. The Labute approximate surface area is 164 Å². The van der Waals surface area contributed by atoms with Crippen molar-refractivity contribution < 1.29 is 19.2 Å². The van der Waals surface area contributed by atoms with Crippen LogP contribution < -0.4 is 14.4 Å². The molecular weight excluding hydrogens is 352 g/mol. The maximum Gasteiger partial charge on any atom is 0.219 e. The highest BCUT2D eigenvalue weighted by molar-refractivity contribution is 6.09. The molecule has 5 nitrogen and oxygen atoms in total. The van der Waals surface area contributed by atoms with Crippen molar-refractivity contribution in [2.45, 2.75) is 25.8 Å². The van der Waals surface area contributed by atoms with Gasteiger partial charge in [-0.3, -0.25) is 4.79 Å². The molecule has 28 heavy (non-hydrogen) atoms. The molecule has 2 aliphatic rings. The molecule has 1 unspecified atom stereocenters. The van der Waals surface area contributed by atoms with Crippen LogP contribution in [-0.4, -0.2) is 37.1 Å². The summed E-state index contributed by atoms with van der Waals surface area (Å²) in [4.78, 5) is 17.9. The lowest BCUT2D eigenvalue weighted by Gasteiger charge is -2.24. The Morgan fingerprint density at radius 1 is 1.14 bits per heavy atom. The zero-order valence-corrected chi connectivity index (χ0v) is 16.1. The minimum Gasteiger partial charge on any atom is -0.486 e. The fourth-order valence-electron chi connectivity index (χ4n) is 4.73. The first-order valence-corrected chi connectivity index (χ1v) is 10.1. The number of Topliss-reactive ketones (excluding diaryl/α,β-unsaturated/α-hetero) is 1. The summed E-state index contributed by atoms with van der Waals surface area (Å²) >= 11 is 0. The Morgan fingerprint density at radius 3 is 2.86 bits per heavy atom. The average Bonchev–Trinajstić information content (AvgIpc) is 3.30. The van der Waals surface area contributed by atoms with Gasteiger partial charge in [-0.05, 0) is 31.2 Å². The Kier molecular flexibility index (Phi) is 4.32. The molecule has 2 aromatic carbocycles. The van der Waals surface area contributed by atoms with Crippen LogP contribution in [0.1, 0.15) is 40.5 Å². The molecule has 1 aromatic heterocycles. The van der Waals surface area contributed by atoms with Crippen LogP contribution in [0.4, 0.5) is 0 Å². The Morgan fingerprint density at radius 2 is 1.96 bits per heavy atom. The second kappa shape index (κ2) is 6.99. The number of benzene rings is 2. The van der Waals surface area contributed by atoms with Crippen LogP contribution in [-0.2, 0) is 0 Å². The van der Waals surface area contributed by atoms with E-state index >= 15 is 0 Å². The molecule has 0 bridgehead atoms. The molecule has 3 aromatic rings. The van der Waals surface area contributed by atoms with Gasteiger partial charge in [0.25, 0.3) is 0 Å². The van der Waals surface area contributed by atoms with E-state index in [9.17, 15) is 4.79 Å². The van der Waals surface area contributed by atoms with Crippen molar-refractivity contribution in [3.63, 3.8) is 0 Å². The number of likely N-dealkylation sites (tertiary alicyclic amines) is 1. The SMILES string of the molecule is Cc1[nH]c2ccccc2c1C(=O)C[NH+]1CCC[C@H]1c1ccc2c(c1)OCCO2. The highest BCUT2D eigenvalue weighted by Crippen LogP contribution is 2.33. The highest BCUT2D eigenvalue weighted by Gasteiger charge is 2.33. The van der Waals surface area contributed by atoms with E-state index in [1.54, 1.807) is 0 Å². The quantitative estimate of drug-likeness (QED) is 0.688. The number of quaternary nitrogens is 1. The van der Waals surface area contributed by atoms with Gasteiger partial charge in [-0.15, -0.1) is 0 Å². The average molecular weight is 377 g/mol. The van der Waals surface area contributed by atoms with Crippen LogP contribution in [0.5, 0.6) is 11.5 Å². The second-order valence-electron chi connectivity index (χ2n) is 7.78. The number of para-hydroxylation sites is 1. The molecule has 2 aliphatic heterocycles. The van der Waals surface area contributed by atoms with Crippen LogP contribution in [0.3, 0.4) is 0 Å². The van der Waals surface area contributed by atoms with Gasteiger partial charge in [0.15, 0.2) is 11.5 Å². The molecule has 5 heteroatoms. The van der Waals surface area contributed by atoms with E-state index in [-0.39, 0.29) is 5.78 Å². The molecule has 2 atom stereocenters. The summed E-state index contributed by atoms with van der Waals surface area (Å²) in [6.07, 6.45) is 2.23. The van der Waals surface area contributed by atoms with Crippen LogP contribution in [0, 0.1) is 6.92 Å². The van der Waals surface area contributed by atoms with Crippen molar-refractivity contribution in [2.75, 3.05) is 26.3 Å². The molecule has 3 heterocycles. The lowest BCUT2D eigenvalue weighted by Crippen LogP contribution is -3.11. The lowest BCUT2D eigenvalue weighted by atomic mass is 10.0. The third kappa shape index (κ3) is 2.96. The predicted molar refractivity (Wildman–Crippen MR) is 107 cm³/mol. The van der Waals surface area contributed by atoms with Crippen molar-refractivity contribution in [1.29, 1.82) is 0 Å². The van der Waals surface area contributed by atoms with E-state index in [2.05, 4.69) is 17.1 Å². The van der Waals surface area contributed by atoms with Crippen LogP contribution in [0.25, 0.3) is 10.9 Å². The molecule has 2 N–H and O–H groups in total. The summed E-state index contributed by atoms with van der Waals surface area (Å²) in [5.41, 5.74) is 4.07. The van der Waals surface area contributed by atoms with Gasteiger partial charge in [-0.25, -0.2) is 0 Å². The number of aryl methyl sites for hydroxylation is 1. The normalized spacial score (nSPS) is 21.2. The summed E-state index contributed by atoms with van der Waals surface area (Å²) in [6, 6.07) is 14.6. The van der Waals surface area contributed by atoms with Crippen molar-refractivity contribution >= 4 is 16.7 Å². The van der Waals surface area contributed by atoms with Crippen molar-refractivity contribution in [1.82, 2.24) is 4.98 Å². The van der Waals surface area contributed by atoms with E-state index in [0.717, 1.165) is 53.0 Å². The smallest absolute Gasteiger partial charge is 0.219 e. The number of ketones is 1. The van der Waals surface area contributed by atoms with Gasteiger partial charge in [0.1, 0.15) is 25.8 Å². The summed E-state index contributed by atoms with van der Waals surface area (Å²) < 4.78 is 11.4. The van der Waals surface area contributed by atoms with Gasteiger partial charge in [0.2, 0.25) is 5.78 Å². The predicted octanol–water partition coefficient (Wildman–Crippen LogP) is 2.85. The number of aromatic nitrogens is 1. The highest BCUT2D eigenvalue weighted by atomic mass is 16.6. The van der Waals surface area contributed by atoms with Gasteiger partial charge in [-0.1, -0.05) is 18.2 Å². The van der Waals surface area contributed by atoms with Crippen molar-refractivity contribution in [3.05, 3.63) is 59.3 Å². The molecule has 0 spiro atoms. The number of hydrogen-bond donors (Lipinski definition) is 2. The van der Waals surface area contributed by atoms with Crippen LogP contribution in [0.15, 0.2) is 42.5 Å². The maximum atomic E-state index is 13.2. The van der Waals surface area contributed by atoms with Gasteiger partial charge in [-0.2, -0.15) is 0 Å². The van der Waals surface area contributed by atoms with Gasteiger partial charge in [0.05, 0.1) is 12.1 Å². The Balaban J connectivity index is 1.40. The van der Waals surface area contributed by atoms with Gasteiger partial charge in [0, 0.05) is 35.0 Å². The van der Waals surface area contributed by atoms with Gasteiger partial charge < -0.3 is 19.4 Å². The number of carbonyl (C=O) groups is 1. The van der Waals surface area contributed by atoms with Gasteiger partial charge >= 0.3 is 0 Å². The third-order valence-corrected chi connectivity index (χ3v) is 6.01. The zero-order valence-electron chi connectivity index (χ0n) is 16.1. The first-order chi connectivity index (χ1) is 13.7. The minimum absolute atomic E-state index is 0.217. The number of hydrogen-bond acceptors (Lipinski definition) is 3. The lowest BCUT2D eigenvalue weighted by molar-refractivity contribution is -0.910. The van der Waals surface area contributed by atoms with Crippen molar-refractivity contribution in [3.8, 4) is 11.5 Å². The second-order valence-corrected chi connectivity index (χ2v) is 7.78. The van der Waals surface area contributed by atoms with Crippen LogP contribution >= 0.6 is 0 Å². The largest absolute Gasteiger partial charge is 0.486 e. The molecule has 0 aliphatic carbocycles. The monoisotopic (exact) mass is 377 g/mol. The molecule has 0 saturated carbocycles. The van der Waals surface area contributed by atoms with Crippen molar-refractivity contribution in [2.24, 2.45) is 0 Å². The number of H-pyrrole nitrogens is 1. The number of ether oxygens (including phenoxy) is 2. The Bertz CT molecular complexity index is 1040. The molecule has 1 fully saturated rings. The van der Waals surface area contributed by atoms with E-state index in [0.29, 0.717) is 25.8 Å². The molecule has 1 saturated heterocycles. The Hall–Kier alpha value is -2.79. The topological polar surface area (TPSA) is 55.8 Å². The van der Waals surface area contributed by atoms with E-state index < -0.39 is 0 Å². The molecule has 0 radical (unpaired) electrons. The minimum atomic E-state index is 0.217. The van der Waals surface area contributed by atoms with Crippen LogP contribution in [0.2, 0.25) is 0 Å². The maximum absolute atomic E-state index is 13.2. The molecule has 5 rings (SSSR count). The fraction of sp³-hybridized carbons (Fsp3) is 0.348. The fourth-order valence-corrected chi connectivity index (χ4v) is 4.73. The number of carbonyl (C=O) groups excluding carboxylic acids is 1. The number of aromatic amines is 1. The van der Waals surface area contributed by atoms with E-state index in [4.69, 9.17) is 9.47 Å². The third-order valence-electron chi connectivity index (χ3n) is 6.01. The number of fused-ring (bicyclic) bond motifs is 2. The van der Waals surface area contributed by atoms with E-state index in [1.807, 2.05) is 37.3 Å². The standard InChI is InChI=1S/C23H24N2O3/c1-15-23(17-5-2-3-6-18(17)24-15)20(26)14-25-10-4-7-19(25)16-8-9-21-22(13-16)28-12-11-27-21/h2-3,5-6,8-9,13,19,24H,4,7,10-12,14H2,1H3/p+1/t19-/m0/s1. The number of rotatable bonds is 4. The number of nitrogens with one attached hydrogen (secondary N) is 2.